The van der Waals surface area contributed by atoms with Gasteiger partial charge in [-0.1, -0.05) is 163 Å². The third-order valence-electron chi connectivity index (χ3n) is 20.3. The number of carbonyl (C=O) groups excluding carboxylic acids is 2. The predicted octanol–water partition coefficient (Wildman–Crippen LogP) is 8.77. The van der Waals surface area contributed by atoms with Crippen molar-refractivity contribution in [2.24, 2.45) is 47.3 Å². The van der Waals surface area contributed by atoms with Crippen molar-refractivity contribution >= 4 is 49.2 Å². The minimum Gasteiger partial charge on any atom is -0.407 e. The van der Waals surface area contributed by atoms with E-state index in [1.54, 1.807) is 14.2 Å². The Labute approximate surface area is 479 Å². The van der Waals surface area contributed by atoms with Gasteiger partial charge < -0.3 is 47.9 Å². The van der Waals surface area contributed by atoms with Gasteiger partial charge in [-0.05, 0) is 143 Å². The maximum Gasteiger partial charge on any atom is 0.261 e. The van der Waals surface area contributed by atoms with Gasteiger partial charge in [0.05, 0.1) is 24.4 Å². The molecular weight excluding hydrogens is 1040 g/mol. The second-order valence-corrected chi connectivity index (χ2v) is 35.4. The maximum absolute atomic E-state index is 14.0. The topological polar surface area (TPSA) is 132 Å². The second kappa shape index (κ2) is 24.3. The molecule has 10 rings (SSSR count). The summed E-state index contributed by atoms with van der Waals surface area (Å²) in [6.45, 7) is 20.0. The second-order valence-electron chi connectivity index (χ2n) is 26.8. The van der Waals surface area contributed by atoms with Crippen molar-refractivity contribution in [3.05, 3.63) is 121 Å². The van der Waals surface area contributed by atoms with E-state index in [2.05, 4.69) is 174 Å². The Hall–Kier alpha value is -4.07. The van der Waals surface area contributed by atoms with Crippen LogP contribution in [0.25, 0.3) is 0 Å². The van der Waals surface area contributed by atoms with Gasteiger partial charge in [0.2, 0.25) is 23.4 Å². The average molecular weight is 1130 g/mol. The first-order chi connectivity index (χ1) is 38.3. The Bertz CT molecular complexity index is 2410. The fraction of sp³-hybridized carbons (Fsp3) is 0.606. The number of ether oxygens (including phenoxy) is 6. The van der Waals surface area contributed by atoms with Gasteiger partial charge in [-0.15, -0.1) is 0 Å². The molecule has 434 valence electrons. The normalized spacial score (nSPS) is 33.7. The lowest BCUT2D eigenvalue weighted by Gasteiger charge is -2.56. The van der Waals surface area contributed by atoms with Crippen LogP contribution in [-0.4, -0.2) is 118 Å². The van der Waals surface area contributed by atoms with Crippen LogP contribution in [0.2, 0.25) is 10.1 Å². The van der Waals surface area contributed by atoms with Gasteiger partial charge in [0.15, 0.2) is 0 Å². The molecule has 2 N–H and O–H groups in total. The molecule has 4 aliphatic carbocycles. The van der Waals surface area contributed by atoms with Crippen molar-refractivity contribution in [2.75, 3.05) is 53.7 Å². The van der Waals surface area contributed by atoms with Gasteiger partial charge >= 0.3 is 0 Å². The molecular formula is C66H92N2O10Si2. The summed E-state index contributed by atoms with van der Waals surface area (Å²) in [4.78, 5) is 28.0. The minimum atomic E-state index is -2.90. The van der Waals surface area contributed by atoms with Gasteiger partial charge in [-0.25, -0.2) is 0 Å². The first kappa shape index (κ1) is 59.1. The van der Waals surface area contributed by atoms with E-state index < -0.39 is 28.2 Å². The number of hydrogen-bond donors (Lipinski definition) is 2. The zero-order valence-electron chi connectivity index (χ0n) is 49.5. The molecule has 6 aliphatic rings. The molecule has 0 radical (unpaired) electrons. The van der Waals surface area contributed by atoms with Crippen molar-refractivity contribution < 1.29 is 46.9 Å². The van der Waals surface area contributed by atoms with E-state index in [-0.39, 0.29) is 83.2 Å². The van der Waals surface area contributed by atoms with E-state index in [9.17, 15) is 9.59 Å². The smallest absolute Gasteiger partial charge is 0.261 e. The molecule has 0 aromatic heterocycles. The van der Waals surface area contributed by atoms with Gasteiger partial charge in [0.25, 0.3) is 16.6 Å². The quantitative estimate of drug-likeness (QED) is 0.133. The van der Waals surface area contributed by atoms with Crippen LogP contribution < -0.4 is 31.4 Å². The van der Waals surface area contributed by atoms with E-state index in [1.807, 2.05) is 13.8 Å². The van der Waals surface area contributed by atoms with Crippen molar-refractivity contribution in [1.82, 2.24) is 10.6 Å². The summed E-state index contributed by atoms with van der Waals surface area (Å²) in [5.41, 5.74) is 0. The molecule has 0 bridgehead atoms. The standard InChI is InChI=1S/C66H92N2O10Si2/c1-63(2,3)79(53-23-15-11-16-24-53,54-25-17-12-18-26-54)75-41-51-33-47-35-57-58(36-48(47)34-52(51)42-76-80(64(4,5)6,55-27-19-13-20-28-55)56-29-21-14-22-30-56)74-44-62(70)68-40-50-32-46-38-60-59(77-65(7,71-9)66(8,72-10)78-60)37-45(46)31-49(50)39-67-61(69)43-73-57/h11-30,45-52,57-60H,31-44H2,1-10H3,(H,67,69)(H,68,70)/t45-,46+,47+,48-,49-,50-,51-,52-,57-,58-,59-,60-,65+,66+/m1/s1. The van der Waals surface area contributed by atoms with Gasteiger partial charge in [-0.3, -0.25) is 9.59 Å². The van der Waals surface area contributed by atoms with Crippen LogP contribution >= 0.6 is 0 Å². The summed E-state index contributed by atoms with van der Waals surface area (Å²) in [5, 5.41) is 11.3. The third kappa shape index (κ3) is 11.8. The summed E-state index contributed by atoms with van der Waals surface area (Å²) < 4.78 is 54.3. The number of carbonyl (C=O) groups is 2. The number of hydrogen-bond acceptors (Lipinski definition) is 10. The molecule has 4 saturated carbocycles. The molecule has 6 fully saturated rings. The van der Waals surface area contributed by atoms with Crippen molar-refractivity contribution in [2.45, 2.75) is 153 Å². The first-order valence-electron chi connectivity index (χ1n) is 30.0. The number of nitrogens with one attached hydrogen (secondary N) is 2. The number of rotatable bonds is 12. The Balaban J connectivity index is 0.902. The lowest BCUT2D eigenvalue weighted by molar-refractivity contribution is -0.454. The molecule has 4 aromatic rings. The van der Waals surface area contributed by atoms with Gasteiger partial charge in [0, 0.05) is 40.5 Å². The lowest BCUT2D eigenvalue weighted by Crippen LogP contribution is -2.67. The van der Waals surface area contributed by atoms with E-state index in [0.29, 0.717) is 50.0 Å². The molecule has 2 aliphatic heterocycles. The highest BCUT2D eigenvalue weighted by Crippen LogP contribution is 2.52. The van der Waals surface area contributed by atoms with Crippen LogP contribution in [0.15, 0.2) is 121 Å². The number of methoxy groups -OCH3 is 2. The Morgan fingerprint density at radius 1 is 0.450 bits per heavy atom. The number of amides is 2. The van der Waals surface area contributed by atoms with Crippen LogP contribution in [0.4, 0.5) is 0 Å². The number of benzene rings is 4. The highest BCUT2D eigenvalue weighted by molar-refractivity contribution is 7.00. The van der Waals surface area contributed by atoms with E-state index in [1.165, 1.54) is 20.7 Å². The zero-order valence-corrected chi connectivity index (χ0v) is 51.5. The number of fused-ring (bicyclic) bond motifs is 5. The maximum atomic E-state index is 14.0. The summed E-state index contributed by atoms with van der Waals surface area (Å²) in [7, 11) is -2.54. The van der Waals surface area contributed by atoms with Crippen LogP contribution in [0, 0.1) is 47.3 Å². The molecule has 0 unspecified atom stereocenters. The largest absolute Gasteiger partial charge is 0.407 e. The van der Waals surface area contributed by atoms with Gasteiger partial charge in [-0.2, -0.15) is 0 Å². The highest BCUT2D eigenvalue weighted by Gasteiger charge is 2.60. The minimum absolute atomic E-state index is 0.0598. The van der Waals surface area contributed by atoms with Crippen LogP contribution in [-0.2, 0) is 46.9 Å². The molecule has 2 amide bonds. The van der Waals surface area contributed by atoms with Crippen molar-refractivity contribution in [3.63, 3.8) is 0 Å². The average Bonchev–Trinajstić information content (AvgIpc) is 3.60. The molecule has 4 aromatic carbocycles. The molecule has 14 atom stereocenters. The highest BCUT2D eigenvalue weighted by atomic mass is 28.4. The molecule has 14 heteroatoms. The Morgan fingerprint density at radius 3 is 1.05 bits per heavy atom. The summed E-state index contributed by atoms with van der Waals surface area (Å²) in [6.07, 6.45) is 5.85. The summed E-state index contributed by atoms with van der Waals surface area (Å²) >= 11 is 0. The fourth-order valence-corrected chi connectivity index (χ4v) is 25.0. The van der Waals surface area contributed by atoms with Crippen LogP contribution in [0.1, 0.15) is 107 Å². The third-order valence-corrected chi connectivity index (χ3v) is 30.3. The summed E-state index contributed by atoms with van der Waals surface area (Å²) in [5.74, 6) is -0.305. The van der Waals surface area contributed by atoms with Crippen molar-refractivity contribution in [1.29, 1.82) is 0 Å². The predicted molar refractivity (Wildman–Crippen MR) is 318 cm³/mol. The SMILES string of the molecule is CO[C@@]1(C)O[C@@H]2C[C@H]3C[C@@H]4CNC(=O)CO[C@@H]5C[C@@H]6C[C@H](CO[Si](c7ccccc7)(c7ccccc7)C(C)(C)C)[C@@H](CO[Si](c7ccccc7)(c7ccccc7)C(C)(C)C)C[C@@H]6C[C@H]5OCC(=O)NC[C@H]4C[C@H]3C[C@H]2O[C@]1(C)OC. The molecule has 12 nitrogen and oxygen atoms in total. The molecule has 80 heavy (non-hydrogen) atoms. The molecule has 2 saturated heterocycles. The lowest BCUT2D eigenvalue weighted by atomic mass is 9.62. The van der Waals surface area contributed by atoms with Crippen LogP contribution in [0.5, 0.6) is 0 Å². The molecule has 2 heterocycles. The van der Waals surface area contributed by atoms with Gasteiger partial charge in [0.1, 0.15) is 13.2 Å². The zero-order chi connectivity index (χ0) is 56.5. The van der Waals surface area contributed by atoms with E-state index in [4.69, 9.17) is 37.3 Å². The first-order valence-corrected chi connectivity index (χ1v) is 33.8. The Morgan fingerprint density at radius 2 is 0.750 bits per heavy atom. The summed E-state index contributed by atoms with van der Waals surface area (Å²) in [6, 6.07) is 43.9. The van der Waals surface area contributed by atoms with Crippen molar-refractivity contribution in [3.8, 4) is 0 Å². The molecule has 0 spiro atoms. The van der Waals surface area contributed by atoms with E-state index in [0.717, 1.165) is 51.4 Å². The Kier molecular flexibility index (Phi) is 17.9. The fourth-order valence-electron chi connectivity index (χ4n) is 15.8. The monoisotopic (exact) mass is 1130 g/mol. The van der Waals surface area contributed by atoms with E-state index >= 15 is 0 Å². The van der Waals surface area contributed by atoms with Crippen LogP contribution in [0.3, 0.4) is 0 Å².